The summed E-state index contributed by atoms with van der Waals surface area (Å²) in [5, 5.41) is 2.98. The van der Waals surface area contributed by atoms with E-state index in [1.807, 2.05) is 36.6 Å². The van der Waals surface area contributed by atoms with Crippen LogP contribution in [0.1, 0.15) is 22.9 Å². The molecule has 0 aliphatic carbocycles. The van der Waals surface area contributed by atoms with E-state index in [1.54, 1.807) is 7.11 Å². The first-order valence-electron chi connectivity index (χ1n) is 6.16. The van der Waals surface area contributed by atoms with Crippen molar-refractivity contribution in [1.82, 2.24) is 0 Å². The first-order chi connectivity index (χ1) is 9.60. The van der Waals surface area contributed by atoms with Crippen LogP contribution < -0.4 is 10.5 Å². The van der Waals surface area contributed by atoms with Crippen molar-refractivity contribution in [2.75, 3.05) is 7.11 Å². The zero-order chi connectivity index (χ0) is 14.3. The number of methoxy groups -OCH3 is 1. The molecule has 0 amide bonds. The molecule has 0 aliphatic heterocycles. The van der Waals surface area contributed by atoms with Crippen LogP contribution >= 0.6 is 22.9 Å². The molecule has 0 saturated heterocycles. The SMILES string of the molecule is COc1ccc2oc(C(N)c3csc(Cl)c3)c(C)c2c1. The second-order valence-electron chi connectivity index (χ2n) is 4.62. The molecule has 2 heterocycles. The number of benzene rings is 1. The molecule has 1 atom stereocenters. The fourth-order valence-electron chi connectivity index (χ4n) is 2.28. The third kappa shape index (κ3) is 2.20. The van der Waals surface area contributed by atoms with Crippen molar-refractivity contribution in [2.24, 2.45) is 5.73 Å². The molecule has 0 fully saturated rings. The van der Waals surface area contributed by atoms with Crippen LogP contribution in [0, 0.1) is 6.92 Å². The number of nitrogens with two attached hydrogens (primary N) is 1. The van der Waals surface area contributed by atoms with E-state index in [2.05, 4.69) is 0 Å². The maximum Gasteiger partial charge on any atom is 0.134 e. The van der Waals surface area contributed by atoms with Crippen molar-refractivity contribution in [3.63, 3.8) is 0 Å². The fourth-order valence-corrected chi connectivity index (χ4v) is 3.21. The van der Waals surface area contributed by atoms with Gasteiger partial charge in [-0.05, 0) is 42.1 Å². The third-order valence-corrected chi connectivity index (χ3v) is 4.52. The van der Waals surface area contributed by atoms with Crippen molar-refractivity contribution in [1.29, 1.82) is 0 Å². The summed E-state index contributed by atoms with van der Waals surface area (Å²) in [6.07, 6.45) is 0. The first kappa shape index (κ1) is 13.5. The predicted octanol–water partition coefficient (Wildman–Crippen LogP) is 4.51. The number of hydrogen-bond acceptors (Lipinski definition) is 4. The lowest BCUT2D eigenvalue weighted by Gasteiger charge is -2.07. The summed E-state index contributed by atoms with van der Waals surface area (Å²) in [7, 11) is 1.65. The molecule has 0 aliphatic rings. The van der Waals surface area contributed by atoms with E-state index in [1.165, 1.54) is 11.3 Å². The van der Waals surface area contributed by atoms with Gasteiger partial charge in [0.05, 0.1) is 17.5 Å². The standard InChI is InChI=1S/C15H14ClNO2S/c1-8-11-6-10(18-2)3-4-12(11)19-15(8)14(17)9-5-13(16)20-7-9/h3-7,14H,17H2,1-2H3. The van der Waals surface area contributed by atoms with Gasteiger partial charge >= 0.3 is 0 Å². The van der Waals surface area contributed by atoms with Gasteiger partial charge in [0.1, 0.15) is 17.1 Å². The predicted molar refractivity (Wildman–Crippen MR) is 82.9 cm³/mol. The van der Waals surface area contributed by atoms with Crippen LogP contribution in [0.25, 0.3) is 11.0 Å². The van der Waals surface area contributed by atoms with Gasteiger partial charge in [-0.25, -0.2) is 0 Å². The number of furan rings is 1. The van der Waals surface area contributed by atoms with Gasteiger partial charge in [0.15, 0.2) is 0 Å². The van der Waals surface area contributed by atoms with E-state index in [-0.39, 0.29) is 6.04 Å². The molecule has 2 aromatic heterocycles. The largest absolute Gasteiger partial charge is 0.497 e. The van der Waals surface area contributed by atoms with E-state index >= 15 is 0 Å². The molecule has 3 nitrogen and oxygen atoms in total. The molecule has 0 spiro atoms. The monoisotopic (exact) mass is 307 g/mol. The van der Waals surface area contributed by atoms with E-state index in [0.717, 1.165) is 37.9 Å². The van der Waals surface area contributed by atoms with Gasteiger partial charge in [0, 0.05) is 10.9 Å². The lowest BCUT2D eigenvalue weighted by Crippen LogP contribution is -2.10. The van der Waals surface area contributed by atoms with Gasteiger partial charge in [0.25, 0.3) is 0 Å². The molecule has 104 valence electrons. The molecule has 0 radical (unpaired) electrons. The Morgan fingerprint density at radius 1 is 1.35 bits per heavy atom. The molecular formula is C15H14ClNO2S. The molecule has 20 heavy (non-hydrogen) atoms. The van der Waals surface area contributed by atoms with E-state index in [0.29, 0.717) is 0 Å². The zero-order valence-corrected chi connectivity index (χ0v) is 12.7. The van der Waals surface area contributed by atoms with Crippen LogP contribution in [0.2, 0.25) is 4.34 Å². The van der Waals surface area contributed by atoms with E-state index < -0.39 is 0 Å². The lowest BCUT2D eigenvalue weighted by molar-refractivity contribution is 0.415. The quantitative estimate of drug-likeness (QED) is 0.774. The Hall–Kier alpha value is -1.49. The number of thiophene rings is 1. The summed E-state index contributed by atoms with van der Waals surface area (Å²) >= 11 is 7.44. The Labute approximate surface area is 125 Å². The van der Waals surface area contributed by atoms with Crippen LogP contribution in [0.4, 0.5) is 0 Å². The average molecular weight is 308 g/mol. The molecule has 2 N–H and O–H groups in total. The smallest absolute Gasteiger partial charge is 0.134 e. The van der Waals surface area contributed by atoms with Crippen molar-refractivity contribution >= 4 is 33.9 Å². The highest BCUT2D eigenvalue weighted by atomic mass is 35.5. The molecular weight excluding hydrogens is 294 g/mol. The third-order valence-electron chi connectivity index (χ3n) is 3.41. The van der Waals surface area contributed by atoms with Gasteiger partial charge in [-0.15, -0.1) is 11.3 Å². The molecule has 3 aromatic rings. The van der Waals surface area contributed by atoms with Crippen LogP contribution in [0.5, 0.6) is 5.75 Å². The minimum Gasteiger partial charge on any atom is -0.497 e. The average Bonchev–Trinajstić information content (AvgIpc) is 3.02. The maximum atomic E-state index is 6.29. The second-order valence-corrected chi connectivity index (χ2v) is 6.16. The Balaban J connectivity index is 2.09. The molecule has 3 rings (SSSR count). The molecule has 0 saturated carbocycles. The molecule has 5 heteroatoms. The summed E-state index contributed by atoms with van der Waals surface area (Å²) < 4.78 is 11.9. The lowest BCUT2D eigenvalue weighted by atomic mass is 10.0. The van der Waals surface area contributed by atoms with Gasteiger partial charge in [-0.3, -0.25) is 0 Å². The Morgan fingerprint density at radius 2 is 2.15 bits per heavy atom. The molecule has 0 bridgehead atoms. The van der Waals surface area contributed by atoms with Crippen LogP contribution in [0.3, 0.4) is 0 Å². The summed E-state index contributed by atoms with van der Waals surface area (Å²) in [6, 6.07) is 7.31. The van der Waals surface area contributed by atoms with Crippen molar-refractivity contribution in [2.45, 2.75) is 13.0 Å². The second kappa shape index (κ2) is 5.13. The Bertz CT molecular complexity index is 762. The summed E-state index contributed by atoms with van der Waals surface area (Å²) in [5.41, 5.74) is 9.11. The van der Waals surface area contributed by atoms with Crippen molar-refractivity contribution in [3.8, 4) is 5.75 Å². The number of halogens is 1. The minimum atomic E-state index is -0.308. The first-order valence-corrected chi connectivity index (χ1v) is 7.42. The Kier molecular flexibility index (Phi) is 3.46. The van der Waals surface area contributed by atoms with Crippen molar-refractivity contribution in [3.05, 3.63) is 50.9 Å². The van der Waals surface area contributed by atoms with E-state index in [9.17, 15) is 0 Å². The van der Waals surface area contributed by atoms with Gasteiger partial charge in [-0.2, -0.15) is 0 Å². The van der Waals surface area contributed by atoms with Gasteiger partial charge in [-0.1, -0.05) is 11.6 Å². The zero-order valence-electron chi connectivity index (χ0n) is 11.1. The minimum absolute atomic E-state index is 0.308. The highest BCUT2D eigenvalue weighted by molar-refractivity contribution is 7.14. The molecule has 1 aromatic carbocycles. The highest BCUT2D eigenvalue weighted by Gasteiger charge is 2.20. The number of aryl methyl sites for hydroxylation is 1. The number of rotatable bonds is 3. The van der Waals surface area contributed by atoms with Crippen LogP contribution in [-0.4, -0.2) is 7.11 Å². The fraction of sp³-hybridized carbons (Fsp3) is 0.200. The summed E-state index contributed by atoms with van der Waals surface area (Å²) in [4.78, 5) is 0. The summed E-state index contributed by atoms with van der Waals surface area (Å²) in [5.74, 6) is 1.57. The molecule has 1 unspecified atom stereocenters. The topological polar surface area (TPSA) is 48.4 Å². The van der Waals surface area contributed by atoms with Crippen LogP contribution in [0.15, 0.2) is 34.1 Å². The number of fused-ring (bicyclic) bond motifs is 1. The number of hydrogen-bond donors (Lipinski definition) is 1. The van der Waals surface area contributed by atoms with E-state index in [4.69, 9.17) is 26.5 Å². The summed E-state index contributed by atoms with van der Waals surface area (Å²) in [6.45, 7) is 2.01. The Morgan fingerprint density at radius 3 is 2.80 bits per heavy atom. The van der Waals surface area contributed by atoms with Crippen molar-refractivity contribution < 1.29 is 9.15 Å². The normalized spacial score (nSPS) is 12.8. The van der Waals surface area contributed by atoms with Crippen LogP contribution in [-0.2, 0) is 0 Å². The number of ether oxygens (including phenoxy) is 1. The maximum absolute atomic E-state index is 6.29. The van der Waals surface area contributed by atoms with Gasteiger partial charge in [0.2, 0.25) is 0 Å². The van der Waals surface area contributed by atoms with Gasteiger partial charge < -0.3 is 14.9 Å². The highest BCUT2D eigenvalue weighted by Crippen LogP contribution is 2.35.